The van der Waals surface area contributed by atoms with Crippen LogP contribution in [0.3, 0.4) is 0 Å². The predicted octanol–water partition coefficient (Wildman–Crippen LogP) is 1.25. The van der Waals surface area contributed by atoms with Crippen LogP contribution in [0, 0.1) is 13.8 Å². The Kier molecular flexibility index (Phi) is 4.31. The van der Waals surface area contributed by atoms with Gasteiger partial charge in [-0.1, -0.05) is 5.16 Å². The molecule has 0 N–H and O–H groups in total. The van der Waals surface area contributed by atoms with Crippen LogP contribution in [-0.4, -0.2) is 53.9 Å². The zero-order chi connectivity index (χ0) is 15.7. The zero-order valence-corrected chi connectivity index (χ0v) is 14.2. The van der Waals surface area contributed by atoms with Crippen LogP contribution >= 0.6 is 11.3 Å². The Labute approximate surface area is 133 Å². The summed E-state index contributed by atoms with van der Waals surface area (Å²) in [7, 11) is -3.53. The van der Waals surface area contributed by atoms with E-state index in [1.807, 2.05) is 5.38 Å². The summed E-state index contributed by atoms with van der Waals surface area (Å²) in [6.45, 7) is 6.39. The first-order valence-electron chi connectivity index (χ1n) is 7.02. The summed E-state index contributed by atoms with van der Waals surface area (Å²) in [4.78, 5) is 6.70. The zero-order valence-electron chi connectivity index (χ0n) is 12.5. The maximum absolute atomic E-state index is 12.7. The molecule has 2 aromatic rings. The van der Waals surface area contributed by atoms with Crippen molar-refractivity contribution in [1.29, 1.82) is 0 Å². The fraction of sp³-hybridized carbons (Fsp3) is 0.538. The SMILES string of the molecule is Cc1noc(C)c1S(=O)(=O)N1CCN(Cc2nccs2)CC1. The van der Waals surface area contributed by atoms with E-state index in [4.69, 9.17) is 4.52 Å². The Morgan fingerprint density at radius 3 is 2.55 bits per heavy atom. The molecule has 0 atom stereocenters. The summed E-state index contributed by atoms with van der Waals surface area (Å²) in [5.41, 5.74) is 0.419. The molecular formula is C13H18N4O3S2. The number of aryl methyl sites for hydroxylation is 2. The number of thiazole rings is 1. The summed E-state index contributed by atoms with van der Waals surface area (Å²) in [5.74, 6) is 0.350. The van der Waals surface area contributed by atoms with Crippen molar-refractivity contribution in [2.75, 3.05) is 26.2 Å². The van der Waals surface area contributed by atoms with Crippen LogP contribution in [0.4, 0.5) is 0 Å². The minimum atomic E-state index is -3.53. The highest BCUT2D eigenvalue weighted by molar-refractivity contribution is 7.89. The topological polar surface area (TPSA) is 79.5 Å². The Balaban J connectivity index is 1.68. The van der Waals surface area contributed by atoms with Gasteiger partial charge in [-0.05, 0) is 13.8 Å². The number of sulfonamides is 1. The molecule has 0 amide bonds. The number of aromatic nitrogens is 2. The number of hydrogen-bond acceptors (Lipinski definition) is 7. The predicted molar refractivity (Wildman–Crippen MR) is 82.1 cm³/mol. The highest BCUT2D eigenvalue weighted by Gasteiger charge is 2.33. The largest absolute Gasteiger partial charge is 0.360 e. The molecule has 1 aliphatic heterocycles. The molecule has 3 heterocycles. The lowest BCUT2D eigenvalue weighted by Gasteiger charge is -2.33. The standard InChI is InChI=1S/C13H18N4O3S2/c1-10-13(11(2)20-15-10)22(18,19)17-6-4-16(5-7-17)9-12-14-3-8-21-12/h3,8H,4-7,9H2,1-2H3. The second-order valence-electron chi connectivity index (χ2n) is 5.26. The van der Waals surface area contributed by atoms with Crippen molar-refractivity contribution in [3.05, 3.63) is 28.0 Å². The van der Waals surface area contributed by atoms with Gasteiger partial charge in [-0.25, -0.2) is 13.4 Å². The van der Waals surface area contributed by atoms with Crippen molar-refractivity contribution in [2.45, 2.75) is 25.3 Å². The molecule has 3 rings (SSSR count). The van der Waals surface area contributed by atoms with Crippen LogP contribution in [-0.2, 0) is 16.6 Å². The quantitative estimate of drug-likeness (QED) is 0.832. The molecule has 0 aromatic carbocycles. The summed E-state index contributed by atoms with van der Waals surface area (Å²) >= 11 is 1.62. The third-order valence-electron chi connectivity index (χ3n) is 3.74. The maximum atomic E-state index is 12.7. The molecule has 0 unspecified atom stereocenters. The highest BCUT2D eigenvalue weighted by atomic mass is 32.2. The van der Waals surface area contributed by atoms with Crippen molar-refractivity contribution < 1.29 is 12.9 Å². The molecule has 9 heteroatoms. The van der Waals surface area contributed by atoms with Crippen molar-refractivity contribution >= 4 is 21.4 Å². The molecule has 22 heavy (non-hydrogen) atoms. The molecule has 7 nitrogen and oxygen atoms in total. The average molecular weight is 342 g/mol. The van der Waals surface area contributed by atoms with Crippen LogP contribution in [0.2, 0.25) is 0 Å². The Morgan fingerprint density at radius 1 is 1.27 bits per heavy atom. The van der Waals surface area contributed by atoms with Crippen molar-refractivity contribution in [3.63, 3.8) is 0 Å². The van der Waals surface area contributed by atoms with E-state index in [1.165, 1.54) is 4.31 Å². The van der Waals surface area contributed by atoms with Gasteiger partial charge in [0.05, 0.1) is 6.54 Å². The van der Waals surface area contributed by atoms with Crippen LogP contribution in [0.1, 0.15) is 16.5 Å². The van der Waals surface area contributed by atoms with E-state index in [2.05, 4.69) is 15.0 Å². The summed E-state index contributed by atoms with van der Waals surface area (Å²) < 4.78 is 31.9. The molecule has 1 aliphatic rings. The number of nitrogens with zero attached hydrogens (tertiary/aromatic N) is 4. The first kappa shape index (κ1) is 15.6. The van der Waals surface area contributed by atoms with E-state index in [0.29, 0.717) is 37.6 Å². The average Bonchev–Trinajstić information content (AvgIpc) is 3.10. The molecule has 0 saturated carbocycles. The van der Waals surface area contributed by atoms with Crippen molar-refractivity contribution in [3.8, 4) is 0 Å². The van der Waals surface area contributed by atoms with Crippen molar-refractivity contribution in [1.82, 2.24) is 19.3 Å². The lowest BCUT2D eigenvalue weighted by atomic mass is 10.3. The third-order valence-corrected chi connectivity index (χ3v) is 6.65. The fourth-order valence-electron chi connectivity index (χ4n) is 2.62. The van der Waals surface area contributed by atoms with Gasteiger partial charge < -0.3 is 4.52 Å². The molecule has 0 bridgehead atoms. The van der Waals surface area contributed by atoms with Gasteiger partial charge in [0, 0.05) is 37.8 Å². The summed E-state index contributed by atoms with van der Waals surface area (Å²) in [6.07, 6.45) is 1.79. The Morgan fingerprint density at radius 2 is 2.00 bits per heavy atom. The van der Waals surface area contributed by atoms with Crippen LogP contribution in [0.15, 0.2) is 21.0 Å². The lowest BCUT2D eigenvalue weighted by molar-refractivity contribution is 0.181. The minimum Gasteiger partial charge on any atom is -0.360 e. The molecular weight excluding hydrogens is 324 g/mol. The molecule has 120 valence electrons. The van der Waals surface area contributed by atoms with Crippen LogP contribution in [0.5, 0.6) is 0 Å². The smallest absolute Gasteiger partial charge is 0.248 e. The molecule has 2 aromatic heterocycles. The maximum Gasteiger partial charge on any atom is 0.248 e. The van der Waals surface area contributed by atoms with Gasteiger partial charge in [0.25, 0.3) is 0 Å². The summed E-state index contributed by atoms with van der Waals surface area (Å²) in [6, 6.07) is 0. The van der Waals surface area contributed by atoms with Crippen LogP contribution < -0.4 is 0 Å². The molecule has 0 spiro atoms. The van der Waals surface area contributed by atoms with E-state index in [-0.39, 0.29) is 4.90 Å². The monoisotopic (exact) mass is 342 g/mol. The Bertz CT molecular complexity index is 712. The number of hydrogen-bond donors (Lipinski definition) is 0. The molecule has 0 aliphatic carbocycles. The lowest BCUT2D eigenvalue weighted by Crippen LogP contribution is -2.48. The first-order valence-corrected chi connectivity index (χ1v) is 9.34. The second-order valence-corrected chi connectivity index (χ2v) is 8.11. The van der Waals surface area contributed by atoms with Crippen molar-refractivity contribution in [2.24, 2.45) is 0 Å². The third kappa shape index (κ3) is 2.94. The summed E-state index contributed by atoms with van der Waals surface area (Å²) in [5, 5.41) is 6.75. The molecule has 1 saturated heterocycles. The van der Waals surface area contributed by atoms with Gasteiger partial charge in [0.2, 0.25) is 10.0 Å². The normalized spacial score (nSPS) is 17.9. The van der Waals surface area contributed by atoms with E-state index < -0.39 is 10.0 Å². The van der Waals surface area contributed by atoms with Gasteiger partial charge >= 0.3 is 0 Å². The highest BCUT2D eigenvalue weighted by Crippen LogP contribution is 2.24. The van der Waals surface area contributed by atoms with Gasteiger partial charge in [-0.15, -0.1) is 11.3 Å². The Hall–Kier alpha value is -1.29. The van der Waals surface area contributed by atoms with E-state index in [0.717, 1.165) is 11.6 Å². The van der Waals surface area contributed by atoms with Gasteiger partial charge in [-0.2, -0.15) is 4.31 Å². The minimum absolute atomic E-state index is 0.209. The number of rotatable bonds is 4. The van der Waals surface area contributed by atoms with Gasteiger partial charge in [-0.3, -0.25) is 4.90 Å². The van der Waals surface area contributed by atoms with Crippen LogP contribution in [0.25, 0.3) is 0 Å². The van der Waals surface area contributed by atoms with Gasteiger partial charge in [0.15, 0.2) is 5.76 Å². The van der Waals surface area contributed by atoms with E-state index in [1.54, 1.807) is 31.4 Å². The number of piperazine rings is 1. The molecule has 0 radical (unpaired) electrons. The first-order chi connectivity index (χ1) is 10.5. The fourth-order valence-corrected chi connectivity index (χ4v) is 4.99. The second kappa shape index (κ2) is 6.07. The van der Waals surface area contributed by atoms with E-state index in [9.17, 15) is 8.42 Å². The van der Waals surface area contributed by atoms with E-state index >= 15 is 0 Å². The molecule has 1 fully saturated rings. The van der Waals surface area contributed by atoms with Gasteiger partial charge in [0.1, 0.15) is 15.6 Å².